The smallest absolute Gasteiger partial charge is 0.239 e. The van der Waals surface area contributed by atoms with E-state index in [2.05, 4.69) is 23.7 Å². The number of carbonyl (C=O) groups excluding carboxylic acids is 1. The molecule has 1 aromatic rings. The van der Waals surface area contributed by atoms with E-state index in [4.69, 9.17) is 4.74 Å². The molecule has 1 aliphatic heterocycles. The van der Waals surface area contributed by atoms with Gasteiger partial charge < -0.3 is 9.64 Å². The zero-order valence-electron chi connectivity index (χ0n) is 10.9. The van der Waals surface area contributed by atoms with E-state index in [1.54, 1.807) is 11.3 Å². The number of nitrogens with one attached hydrogen (secondary N) is 1. The Morgan fingerprint density at radius 3 is 2.78 bits per heavy atom. The lowest BCUT2D eigenvalue weighted by Crippen LogP contribution is -2.49. The molecule has 1 fully saturated rings. The highest BCUT2D eigenvalue weighted by Crippen LogP contribution is 2.18. The van der Waals surface area contributed by atoms with Crippen LogP contribution in [-0.2, 0) is 9.53 Å². The van der Waals surface area contributed by atoms with Gasteiger partial charge in [0.1, 0.15) is 0 Å². The summed E-state index contributed by atoms with van der Waals surface area (Å²) < 4.78 is 5.26. The van der Waals surface area contributed by atoms with E-state index in [9.17, 15) is 4.79 Å². The molecule has 0 radical (unpaired) electrons. The number of carbonyl (C=O) groups is 1. The van der Waals surface area contributed by atoms with Crippen LogP contribution in [0.4, 0.5) is 0 Å². The van der Waals surface area contributed by atoms with Crippen LogP contribution in [0.1, 0.15) is 24.8 Å². The van der Waals surface area contributed by atoms with Crippen LogP contribution in [-0.4, -0.2) is 43.2 Å². The van der Waals surface area contributed by atoms with Crippen molar-refractivity contribution >= 4 is 17.2 Å². The first kappa shape index (κ1) is 13.5. The van der Waals surface area contributed by atoms with Gasteiger partial charge in [0, 0.05) is 24.0 Å². The Labute approximate surface area is 112 Å². The van der Waals surface area contributed by atoms with Crippen molar-refractivity contribution in [3.63, 3.8) is 0 Å². The molecular weight excluding hydrogens is 248 g/mol. The highest BCUT2D eigenvalue weighted by Gasteiger charge is 2.23. The van der Waals surface area contributed by atoms with Crippen molar-refractivity contribution in [1.29, 1.82) is 0 Å². The summed E-state index contributed by atoms with van der Waals surface area (Å²) in [5, 5.41) is 5.42. The third-order valence-electron chi connectivity index (χ3n) is 3.16. The molecule has 18 heavy (non-hydrogen) atoms. The lowest BCUT2D eigenvalue weighted by molar-refractivity contribution is -0.137. The van der Waals surface area contributed by atoms with E-state index in [0.29, 0.717) is 26.3 Å². The number of hydrogen-bond acceptors (Lipinski definition) is 4. The second kappa shape index (κ2) is 6.31. The van der Waals surface area contributed by atoms with Crippen LogP contribution in [0.5, 0.6) is 0 Å². The first-order valence-corrected chi connectivity index (χ1v) is 7.22. The summed E-state index contributed by atoms with van der Waals surface area (Å²) in [6, 6.07) is 4.19. The Balaban J connectivity index is 1.86. The third kappa shape index (κ3) is 3.31. The van der Waals surface area contributed by atoms with Crippen LogP contribution in [0.25, 0.3) is 0 Å². The highest BCUT2D eigenvalue weighted by atomic mass is 32.1. The van der Waals surface area contributed by atoms with E-state index >= 15 is 0 Å². The van der Waals surface area contributed by atoms with Gasteiger partial charge in [-0.1, -0.05) is 6.07 Å². The van der Waals surface area contributed by atoms with Crippen molar-refractivity contribution < 1.29 is 9.53 Å². The third-order valence-corrected chi connectivity index (χ3v) is 4.22. The maximum atomic E-state index is 12.2. The SMILES string of the molecule is CC(N[C@H](C)c1cccs1)C(=O)N1CCOCC1. The maximum Gasteiger partial charge on any atom is 0.239 e. The second-order valence-corrected chi connectivity index (χ2v) is 5.54. The maximum absolute atomic E-state index is 12.2. The average molecular weight is 268 g/mol. The van der Waals surface area contributed by atoms with Crippen molar-refractivity contribution in [3.05, 3.63) is 22.4 Å². The molecule has 5 heteroatoms. The fraction of sp³-hybridized carbons (Fsp3) is 0.615. The molecule has 0 aromatic carbocycles. The Kier molecular flexibility index (Phi) is 4.74. The zero-order valence-corrected chi connectivity index (χ0v) is 11.7. The summed E-state index contributed by atoms with van der Waals surface area (Å²) in [5.74, 6) is 0.168. The van der Waals surface area contributed by atoms with E-state index in [-0.39, 0.29) is 18.0 Å². The minimum absolute atomic E-state index is 0.153. The summed E-state index contributed by atoms with van der Waals surface area (Å²) in [4.78, 5) is 15.4. The summed E-state index contributed by atoms with van der Waals surface area (Å²) in [6.45, 7) is 6.74. The number of rotatable bonds is 4. The molecular formula is C13H20N2O2S. The first-order valence-electron chi connectivity index (χ1n) is 6.34. The van der Waals surface area contributed by atoms with Gasteiger partial charge in [0.25, 0.3) is 0 Å². The molecule has 100 valence electrons. The Hall–Kier alpha value is -0.910. The summed E-state index contributed by atoms with van der Waals surface area (Å²) in [7, 11) is 0. The van der Waals surface area contributed by atoms with Gasteiger partial charge in [-0.2, -0.15) is 0 Å². The normalized spacial score (nSPS) is 19.6. The van der Waals surface area contributed by atoms with Crippen molar-refractivity contribution in [1.82, 2.24) is 10.2 Å². The quantitative estimate of drug-likeness (QED) is 0.902. The van der Waals surface area contributed by atoms with Gasteiger partial charge in [0.2, 0.25) is 5.91 Å². The van der Waals surface area contributed by atoms with Crippen LogP contribution in [0.2, 0.25) is 0 Å². The monoisotopic (exact) mass is 268 g/mol. The molecule has 0 bridgehead atoms. The number of thiophene rings is 1. The summed E-state index contributed by atoms with van der Waals surface area (Å²) in [6.07, 6.45) is 0. The van der Waals surface area contributed by atoms with Crippen LogP contribution >= 0.6 is 11.3 Å². The molecule has 0 aliphatic carbocycles. The van der Waals surface area contributed by atoms with E-state index in [1.807, 2.05) is 17.9 Å². The number of ether oxygens (including phenoxy) is 1. The molecule has 1 N–H and O–H groups in total. The minimum Gasteiger partial charge on any atom is -0.378 e. The van der Waals surface area contributed by atoms with Crippen molar-refractivity contribution in [3.8, 4) is 0 Å². The van der Waals surface area contributed by atoms with Gasteiger partial charge in [-0.15, -0.1) is 11.3 Å². The molecule has 0 saturated carbocycles. The number of nitrogens with zero attached hydrogens (tertiary/aromatic N) is 1. The predicted octanol–water partition coefficient (Wildman–Crippen LogP) is 1.65. The average Bonchev–Trinajstić information content (AvgIpc) is 2.92. The molecule has 1 saturated heterocycles. The van der Waals surface area contributed by atoms with E-state index < -0.39 is 0 Å². The molecule has 2 heterocycles. The van der Waals surface area contributed by atoms with Gasteiger partial charge in [-0.3, -0.25) is 10.1 Å². The Morgan fingerprint density at radius 1 is 1.44 bits per heavy atom. The summed E-state index contributed by atoms with van der Waals surface area (Å²) >= 11 is 1.71. The molecule has 1 aliphatic rings. The van der Waals surface area contributed by atoms with Crippen molar-refractivity contribution in [2.75, 3.05) is 26.3 Å². The zero-order chi connectivity index (χ0) is 13.0. The fourth-order valence-corrected chi connectivity index (χ4v) is 2.87. The van der Waals surface area contributed by atoms with Gasteiger partial charge in [-0.25, -0.2) is 0 Å². The fourth-order valence-electron chi connectivity index (χ4n) is 2.12. The topological polar surface area (TPSA) is 41.6 Å². The van der Waals surface area contributed by atoms with Crippen molar-refractivity contribution in [2.24, 2.45) is 0 Å². The molecule has 1 amide bonds. The van der Waals surface area contributed by atoms with Gasteiger partial charge in [0.15, 0.2) is 0 Å². The standard InChI is InChI=1S/C13H20N2O2S/c1-10(12-4-3-9-18-12)14-11(2)13(16)15-5-7-17-8-6-15/h3-4,9-11,14H,5-8H2,1-2H3/t10-,11?/m1/s1. The number of hydrogen-bond donors (Lipinski definition) is 1. The Bertz CT molecular complexity index is 374. The molecule has 2 rings (SSSR count). The van der Waals surface area contributed by atoms with Crippen molar-refractivity contribution in [2.45, 2.75) is 25.9 Å². The van der Waals surface area contributed by atoms with E-state index in [1.165, 1.54) is 4.88 Å². The lowest BCUT2D eigenvalue weighted by atomic mass is 10.2. The Morgan fingerprint density at radius 2 is 2.17 bits per heavy atom. The minimum atomic E-state index is -0.153. The molecule has 1 unspecified atom stereocenters. The second-order valence-electron chi connectivity index (χ2n) is 4.56. The van der Waals surface area contributed by atoms with Gasteiger partial charge in [-0.05, 0) is 25.3 Å². The first-order chi connectivity index (χ1) is 8.68. The lowest BCUT2D eigenvalue weighted by Gasteiger charge is -2.30. The number of morpholine rings is 1. The van der Waals surface area contributed by atoms with E-state index in [0.717, 1.165) is 0 Å². The van der Waals surface area contributed by atoms with Crippen LogP contribution < -0.4 is 5.32 Å². The highest BCUT2D eigenvalue weighted by molar-refractivity contribution is 7.10. The molecule has 2 atom stereocenters. The van der Waals surface area contributed by atoms with Gasteiger partial charge in [0.05, 0.1) is 19.3 Å². The van der Waals surface area contributed by atoms with Crippen LogP contribution in [0, 0.1) is 0 Å². The number of amides is 1. The molecule has 4 nitrogen and oxygen atoms in total. The molecule has 0 spiro atoms. The van der Waals surface area contributed by atoms with Crippen LogP contribution in [0.15, 0.2) is 17.5 Å². The van der Waals surface area contributed by atoms with Crippen LogP contribution in [0.3, 0.4) is 0 Å². The van der Waals surface area contributed by atoms with Gasteiger partial charge >= 0.3 is 0 Å². The largest absolute Gasteiger partial charge is 0.378 e. The molecule has 1 aromatic heterocycles. The predicted molar refractivity (Wildman–Crippen MR) is 72.7 cm³/mol. The summed E-state index contributed by atoms with van der Waals surface area (Å²) in [5.41, 5.74) is 0.